The van der Waals surface area contributed by atoms with Crippen LogP contribution in [0, 0.1) is 12.3 Å². The van der Waals surface area contributed by atoms with Crippen LogP contribution in [-0.4, -0.2) is 16.7 Å². The summed E-state index contributed by atoms with van der Waals surface area (Å²) in [4.78, 5) is 4.36. The van der Waals surface area contributed by atoms with Crippen LogP contribution < -0.4 is 5.32 Å². The van der Waals surface area contributed by atoms with E-state index >= 15 is 0 Å². The third-order valence-corrected chi connectivity index (χ3v) is 2.71. The van der Waals surface area contributed by atoms with Gasteiger partial charge >= 0.3 is 0 Å². The van der Waals surface area contributed by atoms with Crippen molar-refractivity contribution in [2.24, 2.45) is 0 Å². The molecule has 0 aliphatic heterocycles. The maximum absolute atomic E-state index is 5.13. The van der Waals surface area contributed by atoms with Gasteiger partial charge < -0.3 is 4.52 Å². The molecule has 2 rings (SSSR count). The van der Waals surface area contributed by atoms with E-state index in [1.165, 1.54) is 25.7 Å². The van der Waals surface area contributed by atoms with Crippen LogP contribution in [0.25, 0.3) is 0 Å². The van der Waals surface area contributed by atoms with Crippen molar-refractivity contribution in [2.75, 3.05) is 6.54 Å². The standard InChI is InChI=1S/C11H15N3O/c1-2-7-12-8-10-13-11(14-15-10)9-5-3-4-6-9/h1,9,12H,3-8H2. The summed E-state index contributed by atoms with van der Waals surface area (Å²) in [5.41, 5.74) is 0. The van der Waals surface area contributed by atoms with Crippen molar-refractivity contribution in [3.8, 4) is 12.3 Å². The quantitative estimate of drug-likeness (QED) is 0.597. The molecule has 4 heteroatoms. The summed E-state index contributed by atoms with van der Waals surface area (Å²) in [6.45, 7) is 1.09. The summed E-state index contributed by atoms with van der Waals surface area (Å²) in [7, 11) is 0. The van der Waals surface area contributed by atoms with E-state index < -0.39 is 0 Å². The molecule has 0 unspecified atom stereocenters. The number of terminal acetylenes is 1. The molecule has 1 fully saturated rings. The highest BCUT2D eigenvalue weighted by atomic mass is 16.5. The van der Waals surface area contributed by atoms with E-state index in [-0.39, 0.29) is 0 Å². The second-order valence-corrected chi connectivity index (χ2v) is 3.84. The second-order valence-electron chi connectivity index (χ2n) is 3.84. The Morgan fingerprint density at radius 1 is 1.47 bits per heavy atom. The van der Waals surface area contributed by atoms with Crippen LogP contribution in [0.4, 0.5) is 0 Å². The fourth-order valence-corrected chi connectivity index (χ4v) is 1.93. The van der Waals surface area contributed by atoms with Gasteiger partial charge in [-0.25, -0.2) is 0 Å². The van der Waals surface area contributed by atoms with Gasteiger partial charge in [0.05, 0.1) is 13.1 Å². The third-order valence-electron chi connectivity index (χ3n) is 2.71. The molecule has 0 spiro atoms. The Bertz CT molecular complexity index is 347. The van der Waals surface area contributed by atoms with Crippen LogP contribution in [0.1, 0.15) is 43.3 Å². The van der Waals surface area contributed by atoms with Gasteiger partial charge in [-0.1, -0.05) is 23.9 Å². The van der Waals surface area contributed by atoms with Gasteiger partial charge in [0.15, 0.2) is 5.82 Å². The maximum atomic E-state index is 5.13. The monoisotopic (exact) mass is 205 g/mol. The van der Waals surface area contributed by atoms with Crippen molar-refractivity contribution in [2.45, 2.75) is 38.1 Å². The fraction of sp³-hybridized carbons (Fsp3) is 0.636. The number of hydrogen-bond donors (Lipinski definition) is 1. The molecule has 1 N–H and O–H groups in total. The molecule has 0 radical (unpaired) electrons. The first-order valence-corrected chi connectivity index (χ1v) is 5.37. The van der Waals surface area contributed by atoms with Gasteiger partial charge in [0.25, 0.3) is 0 Å². The van der Waals surface area contributed by atoms with Crippen LogP contribution in [0.15, 0.2) is 4.52 Å². The highest BCUT2D eigenvalue weighted by molar-refractivity contribution is 4.98. The van der Waals surface area contributed by atoms with Crippen molar-refractivity contribution < 1.29 is 4.52 Å². The number of nitrogens with one attached hydrogen (secondary N) is 1. The molecular formula is C11H15N3O. The Hall–Kier alpha value is -1.34. The van der Waals surface area contributed by atoms with Crippen molar-refractivity contribution in [3.05, 3.63) is 11.7 Å². The molecule has 1 aromatic rings. The summed E-state index contributed by atoms with van der Waals surface area (Å²) in [6, 6.07) is 0. The lowest BCUT2D eigenvalue weighted by atomic mass is 10.1. The van der Waals surface area contributed by atoms with Crippen molar-refractivity contribution in [1.29, 1.82) is 0 Å². The Morgan fingerprint density at radius 3 is 3.00 bits per heavy atom. The van der Waals surface area contributed by atoms with Crippen molar-refractivity contribution in [3.63, 3.8) is 0 Å². The molecule has 80 valence electrons. The number of aromatic nitrogens is 2. The minimum atomic E-state index is 0.509. The van der Waals surface area contributed by atoms with E-state index in [1.54, 1.807) is 0 Å². The van der Waals surface area contributed by atoms with Gasteiger partial charge in [0, 0.05) is 5.92 Å². The summed E-state index contributed by atoms with van der Waals surface area (Å²) >= 11 is 0. The predicted octanol–water partition coefficient (Wildman–Crippen LogP) is 1.45. The average molecular weight is 205 g/mol. The number of hydrogen-bond acceptors (Lipinski definition) is 4. The van der Waals surface area contributed by atoms with Crippen LogP contribution in [0.5, 0.6) is 0 Å². The molecule has 1 aliphatic rings. The highest BCUT2D eigenvalue weighted by Gasteiger charge is 2.21. The van der Waals surface area contributed by atoms with E-state index in [9.17, 15) is 0 Å². The topological polar surface area (TPSA) is 51.0 Å². The molecule has 0 atom stereocenters. The van der Waals surface area contributed by atoms with E-state index in [0.717, 1.165) is 5.82 Å². The first-order valence-electron chi connectivity index (χ1n) is 5.37. The molecular weight excluding hydrogens is 190 g/mol. The Morgan fingerprint density at radius 2 is 2.27 bits per heavy atom. The van der Waals surface area contributed by atoms with Crippen LogP contribution in [-0.2, 0) is 6.54 Å². The zero-order valence-electron chi connectivity index (χ0n) is 8.70. The van der Waals surface area contributed by atoms with E-state index in [2.05, 4.69) is 21.4 Å². The minimum absolute atomic E-state index is 0.509. The maximum Gasteiger partial charge on any atom is 0.240 e. The van der Waals surface area contributed by atoms with Gasteiger partial charge in [0.2, 0.25) is 5.89 Å². The lowest BCUT2D eigenvalue weighted by Gasteiger charge is -1.99. The normalized spacial score (nSPS) is 16.7. The highest BCUT2D eigenvalue weighted by Crippen LogP contribution is 2.32. The van der Waals surface area contributed by atoms with Gasteiger partial charge in [-0.15, -0.1) is 6.42 Å². The molecule has 1 aliphatic carbocycles. The van der Waals surface area contributed by atoms with Gasteiger partial charge in [-0.2, -0.15) is 4.98 Å². The van der Waals surface area contributed by atoms with Crippen molar-refractivity contribution in [1.82, 2.24) is 15.5 Å². The molecule has 1 saturated carbocycles. The molecule has 0 bridgehead atoms. The second kappa shape index (κ2) is 4.94. The molecule has 1 heterocycles. The van der Waals surface area contributed by atoms with Gasteiger partial charge in [0.1, 0.15) is 0 Å². The smallest absolute Gasteiger partial charge is 0.240 e. The molecule has 15 heavy (non-hydrogen) atoms. The van der Waals surface area contributed by atoms with Crippen LogP contribution in [0.2, 0.25) is 0 Å². The Kier molecular flexibility index (Phi) is 3.36. The summed E-state index contributed by atoms with van der Waals surface area (Å²) in [5.74, 6) is 4.51. The lowest BCUT2D eigenvalue weighted by Crippen LogP contribution is -2.13. The minimum Gasteiger partial charge on any atom is -0.338 e. The van der Waals surface area contributed by atoms with Crippen LogP contribution >= 0.6 is 0 Å². The third kappa shape index (κ3) is 2.57. The average Bonchev–Trinajstić information content (AvgIpc) is 2.87. The van der Waals surface area contributed by atoms with Gasteiger partial charge in [-0.05, 0) is 12.8 Å². The summed E-state index contributed by atoms with van der Waals surface area (Å²) < 4.78 is 5.13. The zero-order chi connectivity index (χ0) is 10.5. The molecule has 1 aromatic heterocycles. The van der Waals surface area contributed by atoms with E-state index in [4.69, 9.17) is 10.9 Å². The van der Waals surface area contributed by atoms with E-state index in [0.29, 0.717) is 24.9 Å². The van der Waals surface area contributed by atoms with Crippen LogP contribution in [0.3, 0.4) is 0 Å². The first-order chi connectivity index (χ1) is 7.40. The Labute approximate surface area is 89.4 Å². The summed E-state index contributed by atoms with van der Waals surface area (Å²) in [5, 5.41) is 7.02. The summed E-state index contributed by atoms with van der Waals surface area (Å²) in [6.07, 6.45) is 10.1. The largest absolute Gasteiger partial charge is 0.338 e. The number of nitrogens with zero attached hydrogens (tertiary/aromatic N) is 2. The zero-order valence-corrected chi connectivity index (χ0v) is 8.70. The first kappa shape index (κ1) is 10.2. The molecule has 0 saturated heterocycles. The number of rotatable bonds is 4. The SMILES string of the molecule is C#CCNCc1nc(C2CCCC2)no1. The molecule has 0 aromatic carbocycles. The van der Waals surface area contributed by atoms with Gasteiger partial charge in [-0.3, -0.25) is 5.32 Å². The van der Waals surface area contributed by atoms with Crippen molar-refractivity contribution >= 4 is 0 Å². The Balaban J connectivity index is 1.89. The lowest BCUT2D eigenvalue weighted by molar-refractivity contribution is 0.362. The van der Waals surface area contributed by atoms with E-state index in [1.807, 2.05) is 0 Å². The predicted molar refractivity (Wildman–Crippen MR) is 56.0 cm³/mol. The molecule has 0 amide bonds. The molecule has 4 nitrogen and oxygen atoms in total. The fourth-order valence-electron chi connectivity index (χ4n) is 1.93.